The number of benzene rings is 1. The van der Waals surface area contributed by atoms with Crippen molar-refractivity contribution in [3.63, 3.8) is 0 Å². The minimum atomic E-state index is 0.361. The lowest BCUT2D eigenvalue weighted by Gasteiger charge is -2.16. The van der Waals surface area contributed by atoms with E-state index in [1.165, 1.54) is 11.1 Å². The van der Waals surface area contributed by atoms with E-state index in [-0.39, 0.29) is 0 Å². The maximum absolute atomic E-state index is 9.85. The van der Waals surface area contributed by atoms with Gasteiger partial charge in [0, 0.05) is 25.2 Å². The Kier molecular flexibility index (Phi) is 5.25. The van der Waals surface area contributed by atoms with Crippen molar-refractivity contribution in [3.05, 3.63) is 28.8 Å². The van der Waals surface area contributed by atoms with Crippen LogP contribution in [-0.4, -0.2) is 26.2 Å². The van der Waals surface area contributed by atoms with Crippen LogP contribution in [0.25, 0.3) is 0 Å². The molecule has 0 saturated heterocycles. The van der Waals surface area contributed by atoms with Crippen LogP contribution < -0.4 is 16.0 Å². The number of hydrogen-bond acceptors (Lipinski definition) is 4. The molecule has 0 amide bonds. The van der Waals surface area contributed by atoms with Crippen LogP contribution in [0.5, 0.6) is 5.75 Å². The van der Waals surface area contributed by atoms with Crippen LogP contribution in [0.1, 0.15) is 16.7 Å². The molecule has 0 aliphatic carbocycles. The Morgan fingerprint density at radius 2 is 1.44 bits per heavy atom. The van der Waals surface area contributed by atoms with Gasteiger partial charge in [-0.15, -0.1) is 0 Å². The Hall–Kier alpha value is -1.10. The van der Waals surface area contributed by atoms with Gasteiger partial charge in [0.05, 0.1) is 0 Å². The highest BCUT2D eigenvalue weighted by molar-refractivity contribution is 5.44. The maximum Gasteiger partial charge on any atom is 0.120 e. The zero-order valence-electron chi connectivity index (χ0n) is 10.2. The van der Waals surface area contributed by atoms with Gasteiger partial charge in [-0.2, -0.15) is 0 Å². The first-order valence-corrected chi connectivity index (χ1v) is 5.51. The largest absolute Gasteiger partial charge is 0.508 e. The van der Waals surface area contributed by atoms with Gasteiger partial charge < -0.3 is 21.1 Å². The zero-order valence-corrected chi connectivity index (χ0v) is 10.2. The second-order valence-corrected chi connectivity index (χ2v) is 3.79. The molecule has 4 nitrogen and oxygen atoms in total. The van der Waals surface area contributed by atoms with Crippen molar-refractivity contribution in [2.45, 2.75) is 19.6 Å². The second-order valence-electron chi connectivity index (χ2n) is 3.79. The number of aromatic hydroxyl groups is 1. The summed E-state index contributed by atoms with van der Waals surface area (Å²) in [6.07, 6.45) is 0. The molecule has 0 bridgehead atoms. The Balaban J connectivity index is 3.14. The molecule has 0 atom stereocenters. The van der Waals surface area contributed by atoms with Crippen LogP contribution in [0.3, 0.4) is 0 Å². The first-order chi connectivity index (χ1) is 7.74. The minimum absolute atomic E-state index is 0.361. The molecule has 0 heterocycles. The summed E-state index contributed by atoms with van der Waals surface area (Å²) in [5.41, 5.74) is 3.37. The van der Waals surface area contributed by atoms with Crippen LogP contribution in [0.4, 0.5) is 0 Å². The molecule has 1 rings (SSSR count). The summed E-state index contributed by atoms with van der Waals surface area (Å²) in [4.78, 5) is 0. The summed E-state index contributed by atoms with van der Waals surface area (Å²) >= 11 is 0. The normalized spacial score (nSPS) is 10.7. The van der Waals surface area contributed by atoms with Crippen LogP contribution in [0.15, 0.2) is 12.1 Å². The summed E-state index contributed by atoms with van der Waals surface area (Å²) < 4.78 is 0. The van der Waals surface area contributed by atoms with Gasteiger partial charge in [0.2, 0.25) is 0 Å². The molecule has 0 spiro atoms. The van der Waals surface area contributed by atoms with Crippen molar-refractivity contribution >= 4 is 0 Å². The highest BCUT2D eigenvalue weighted by Gasteiger charge is 2.11. The van der Waals surface area contributed by atoms with Crippen molar-refractivity contribution < 1.29 is 5.11 Å². The van der Waals surface area contributed by atoms with Gasteiger partial charge in [-0.25, -0.2) is 0 Å². The molecule has 0 aromatic heterocycles. The van der Waals surface area contributed by atoms with Crippen LogP contribution in [-0.2, 0) is 19.6 Å². The number of phenols is 1. The van der Waals surface area contributed by atoms with E-state index in [9.17, 15) is 5.11 Å². The van der Waals surface area contributed by atoms with E-state index in [2.05, 4.69) is 16.0 Å². The molecular formula is C12H21N3O. The summed E-state index contributed by atoms with van der Waals surface area (Å²) in [6, 6.07) is 3.73. The van der Waals surface area contributed by atoms with Crippen molar-refractivity contribution in [2.75, 3.05) is 21.1 Å². The zero-order chi connectivity index (χ0) is 12.0. The summed E-state index contributed by atoms with van der Waals surface area (Å²) in [5, 5.41) is 19.2. The summed E-state index contributed by atoms with van der Waals surface area (Å²) in [7, 11) is 5.72. The average molecular weight is 223 g/mol. The molecule has 0 aliphatic heterocycles. The Bertz CT molecular complexity index is 339. The van der Waals surface area contributed by atoms with Gasteiger partial charge in [0.25, 0.3) is 0 Å². The standard InChI is InChI=1S/C12H21N3O/c1-13-6-9-4-5-12(16)11(8-15-3)10(9)7-14-2/h4-5,13-16H,6-8H2,1-3H3. The van der Waals surface area contributed by atoms with Gasteiger partial charge in [-0.05, 0) is 38.3 Å². The van der Waals surface area contributed by atoms with Crippen LogP contribution in [0, 0.1) is 0 Å². The lowest BCUT2D eigenvalue weighted by Crippen LogP contribution is -2.17. The van der Waals surface area contributed by atoms with Gasteiger partial charge in [-0.1, -0.05) is 6.07 Å². The van der Waals surface area contributed by atoms with E-state index in [0.29, 0.717) is 12.3 Å². The lowest BCUT2D eigenvalue weighted by molar-refractivity contribution is 0.463. The molecule has 0 fully saturated rings. The molecule has 0 radical (unpaired) electrons. The fourth-order valence-corrected chi connectivity index (χ4v) is 1.86. The Morgan fingerprint density at radius 1 is 0.875 bits per heavy atom. The topological polar surface area (TPSA) is 56.3 Å². The summed E-state index contributed by atoms with van der Waals surface area (Å²) in [5.74, 6) is 0.361. The van der Waals surface area contributed by atoms with E-state index < -0.39 is 0 Å². The molecule has 0 unspecified atom stereocenters. The molecule has 0 saturated carbocycles. The van der Waals surface area contributed by atoms with Gasteiger partial charge >= 0.3 is 0 Å². The minimum Gasteiger partial charge on any atom is -0.508 e. The molecule has 4 N–H and O–H groups in total. The molecule has 16 heavy (non-hydrogen) atoms. The van der Waals surface area contributed by atoms with Gasteiger partial charge in [0.1, 0.15) is 5.75 Å². The first-order valence-electron chi connectivity index (χ1n) is 5.51. The monoisotopic (exact) mass is 223 g/mol. The molecule has 4 heteroatoms. The number of rotatable bonds is 6. The van der Waals surface area contributed by atoms with Crippen LogP contribution in [0.2, 0.25) is 0 Å². The first kappa shape index (κ1) is 13.0. The van der Waals surface area contributed by atoms with E-state index >= 15 is 0 Å². The van der Waals surface area contributed by atoms with Crippen molar-refractivity contribution in [2.24, 2.45) is 0 Å². The predicted octanol–water partition coefficient (Wildman–Crippen LogP) is 0.550. The maximum atomic E-state index is 9.85. The SMILES string of the molecule is CNCc1ccc(O)c(CNC)c1CNC. The quantitative estimate of drug-likeness (QED) is 0.569. The highest BCUT2D eigenvalue weighted by atomic mass is 16.3. The number of phenolic OH excluding ortho intramolecular Hbond substituents is 1. The fraction of sp³-hybridized carbons (Fsp3) is 0.500. The third kappa shape index (κ3) is 2.95. The smallest absolute Gasteiger partial charge is 0.120 e. The average Bonchev–Trinajstić information content (AvgIpc) is 2.27. The Morgan fingerprint density at radius 3 is 2.00 bits per heavy atom. The van der Waals surface area contributed by atoms with Gasteiger partial charge in [-0.3, -0.25) is 0 Å². The van der Waals surface area contributed by atoms with Crippen molar-refractivity contribution in [1.29, 1.82) is 0 Å². The van der Waals surface area contributed by atoms with Crippen molar-refractivity contribution in [3.8, 4) is 5.75 Å². The number of nitrogens with one attached hydrogen (secondary N) is 3. The molecule has 0 aliphatic rings. The predicted molar refractivity (Wildman–Crippen MR) is 66.4 cm³/mol. The molecule has 90 valence electrons. The summed E-state index contributed by atoms with van der Waals surface area (Å²) in [6.45, 7) is 2.26. The Labute approximate surface area is 97.1 Å². The third-order valence-electron chi connectivity index (χ3n) is 2.58. The molecule has 1 aromatic rings. The van der Waals surface area contributed by atoms with E-state index in [0.717, 1.165) is 18.7 Å². The fourth-order valence-electron chi connectivity index (χ4n) is 1.86. The van der Waals surface area contributed by atoms with Crippen LogP contribution >= 0.6 is 0 Å². The third-order valence-corrected chi connectivity index (χ3v) is 2.58. The van der Waals surface area contributed by atoms with E-state index in [1.54, 1.807) is 6.07 Å². The number of hydrogen-bond donors (Lipinski definition) is 4. The van der Waals surface area contributed by atoms with Gasteiger partial charge in [0.15, 0.2) is 0 Å². The van der Waals surface area contributed by atoms with Crippen molar-refractivity contribution in [1.82, 2.24) is 16.0 Å². The molecule has 1 aromatic carbocycles. The highest BCUT2D eigenvalue weighted by Crippen LogP contribution is 2.24. The lowest BCUT2D eigenvalue weighted by atomic mass is 9.99. The molecular weight excluding hydrogens is 202 g/mol. The second kappa shape index (κ2) is 6.48. The van der Waals surface area contributed by atoms with E-state index in [4.69, 9.17) is 0 Å². The van der Waals surface area contributed by atoms with E-state index in [1.807, 2.05) is 27.2 Å².